The fourth-order valence-electron chi connectivity index (χ4n) is 2.70. The van der Waals surface area contributed by atoms with Crippen molar-refractivity contribution in [2.24, 2.45) is 0 Å². The predicted octanol–water partition coefficient (Wildman–Crippen LogP) is 1.86. The molecule has 0 amide bonds. The quantitative estimate of drug-likeness (QED) is 0.896. The van der Waals surface area contributed by atoms with Crippen molar-refractivity contribution >= 4 is 10.0 Å². The summed E-state index contributed by atoms with van der Waals surface area (Å²) in [7, 11) is -3.61. The van der Waals surface area contributed by atoms with Crippen molar-refractivity contribution in [2.45, 2.75) is 50.6 Å². The van der Waals surface area contributed by atoms with Crippen LogP contribution in [0.5, 0.6) is 0 Å². The van der Waals surface area contributed by atoms with Gasteiger partial charge in [0.1, 0.15) is 5.82 Å². The Balaban J connectivity index is 2.23. The lowest BCUT2D eigenvalue weighted by Crippen LogP contribution is -2.48. The molecule has 0 aromatic heterocycles. The summed E-state index contributed by atoms with van der Waals surface area (Å²) < 4.78 is 40.9. The Morgan fingerprint density at radius 3 is 2.35 bits per heavy atom. The highest BCUT2D eigenvalue weighted by molar-refractivity contribution is 7.89. The van der Waals surface area contributed by atoms with Crippen molar-refractivity contribution in [3.63, 3.8) is 0 Å². The maximum absolute atomic E-state index is 13.3. The fraction of sp³-hybridized carbons (Fsp3) is 0.571. The van der Waals surface area contributed by atoms with Crippen molar-refractivity contribution in [1.29, 1.82) is 0 Å². The fourth-order valence-corrected chi connectivity index (χ4v) is 4.42. The molecule has 1 aromatic rings. The molecule has 20 heavy (non-hydrogen) atoms. The number of piperidine rings is 1. The number of hydrogen-bond acceptors (Lipinski definition) is 3. The van der Waals surface area contributed by atoms with E-state index in [9.17, 15) is 12.8 Å². The van der Waals surface area contributed by atoms with Gasteiger partial charge < -0.3 is 5.32 Å². The van der Waals surface area contributed by atoms with Gasteiger partial charge >= 0.3 is 0 Å². The minimum Gasteiger partial charge on any atom is -0.313 e. The molecule has 1 aliphatic rings. The average Bonchev–Trinajstić information content (AvgIpc) is 2.30. The summed E-state index contributed by atoms with van der Waals surface area (Å²) in [5.41, 5.74) is 0.874. The standard InChI is InChI=1S/C14H21FN2O2S/c1-9-6-12(15)7-10(2)14(9)20(18,19)17-13-5-4-11(3)16-8-13/h6-7,11,13,16-17H,4-5,8H2,1-3H3. The summed E-state index contributed by atoms with van der Waals surface area (Å²) >= 11 is 0. The largest absolute Gasteiger partial charge is 0.313 e. The van der Waals surface area contributed by atoms with Crippen LogP contribution in [0.2, 0.25) is 0 Å². The Labute approximate surface area is 119 Å². The van der Waals surface area contributed by atoms with Crippen molar-refractivity contribution in [3.05, 3.63) is 29.1 Å². The molecule has 2 atom stereocenters. The molecule has 1 aliphatic heterocycles. The zero-order chi connectivity index (χ0) is 14.9. The molecule has 4 nitrogen and oxygen atoms in total. The highest BCUT2D eigenvalue weighted by Gasteiger charge is 2.26. The van der Waals surface area contributed by atoms with Gasteiger partial charge in [-0.25, -0.2) is 17.5 Å². The number of nitrogens with one attached hydrogen (secondary N) is 2. The highest BCUT2D eigenvalue weighted by atomic mass is 32.2. The Hall–Kier alpha value is -0.980. The van der Waals surface area contributed by atoms with E-state index >= 15 is 0 Å². The van der Waals surface area contributed by atoms with Gasteiger partial charge in [0, 0.05) is 18.6 Å². The Morgan fingerprint density at radius 1 is 1.25 bits per heavy atom. The second kappa shape index (κ2) is 5.79. The smallest absolute Gasteiger partial charge is 0.241 e. The van der Waals surface area contributed by atoms with E-state index in [1.165, 1.54) is 12.1 Å². The summed E-state index contributed by atoms with van der Waals surface area (Å²) in [6, 6.07) is 2.82. The first-order chi connectivity index (χ1) is 9.29. The molecule has 2 rings (SSSR count). The Bertz CT molecular complexity index is 570. The zero-order valence-corrected chi connectivity index (χ0v) is 12.8. The molecule has 2 N–H and O–H groups in total. The van der Waals surface area contributed by atoms with Crippen LogP contribution in [0, 0.1) is 19.7 Å². The van der Waals surface area contributed by atoms with E-state index in [-0.39, 0.29) is 10.9 Å². The van der Waals surface area contributed by atoms with Crippen LogP contribution in [0.3, 0.4) is 0 Å². The summed E-state index contributed by atoms with van der Waals surface area (Å²) in [6.45, 7) is 5.94. The molecule has 112 valence electrons. The normalized spacial score (nSPS) is 23.8. The van der Waals surface area contributed by atoms with Crippen LogP contribution < -0.4 is 10.0 Å². The second-order valence-corrected chi connectivity index (χ2v) is 7.22. The minimum atomic E-state index is -3.61. The van der Waals surface area contributed by atoms with Gasteiger partial charge in [-0.1, -0.05) is 0 Å². The summed E-state index contributed by atoms with van der Waals surface area (Å²) in [5, 5.41) is 3.26. The van der Waals surface area contributed by atoms with Crippen LogP contribution in [0.4, 0.5) is 4.39 Å². The third kappa shape index (κ3) is 3.37. The molecule has 2 unspecified atom stereocenters. The number of halogens is 1. The molecule has 1 heterocycles. The first-order valence-corrected chi connectivity index (χ1v) is 8.30. The summed E-state index contributed by atoms with van der Waals surface area (Å²) in [4.78, 5) is 0.192. The van der Waals surface area contributed by atoms with E-state index in [4.69, 9.17) is 0 Å². The van der Waals surface area contributed by atoms with Gasteiger partial charge in [0.05, 0.1) is 4.90 Å². The van der Waals surface area contributed by atoms with Crippen molar-refractivity contribution < 1.29 is 12.8 Å². The van der Waals surface area contributed by atoms with E-state index in [2.05, 4.69) is 17.0 Å². The third-order valence-electron chi connectivity index (χ3n) is 3.68. The van der Waals surface area contributed by atoms with E-state index in [1.54, 1.807) is 13.8 Å². The Morgan fingerprint density at radius 2 is 1.85 bits per heavy atom. The first-order valence-electron chi connectivity index (χ1n) is 6.82. The number of rotatable bonds is 3. The monoisotopic (exact) mass is 300 g/mol. The predicted molar refractivity (Wildman–Crippen MR) is 76.7 cm³/mol. The zero-order valence-electron chi connectivity index (χ0n) is 12.0. The number of sulfonamides is 1. The molecule has 1 fully saturated rings. The molecule has 0 spiro atoms. The minimum absolute atomic E-state index is 0.111. The van der Waals surface area contributed by atoms with E-state index in [0.29, 0.717) is 23.7 Å². The van der Waals surface area contributed by atoms with Gasteiger partial charge in [-0.15, -0.1) is 0 Å². The SMILES string of the molecule is Cc1cc(F)cc(C)c1S(=O)(=O)NC1CCC(C)NC1. The van der Waals surface area contributed by atoms with Crippen LogP contribution in [0.25, 0.3) is 0 Å². The highest BCUT2D eigenvalue weighted by Crippen LogP contribution is 2.22. The number of aryl methyl sites for hydroxylation is 2. The molecule has 0 radical (unpaired) electrons. The van der Waals surface area contributed by atoms with Gasteiger partial charge in [-0.05, 0) is 56.9 Å². The lowest BCUT2D eigenvalue weighted by atomic mass is 10.0. The van der Waals surface area contributed by atoms with E-state index in [1.807, 2.05) is 0 Å². The van der Waals surface area contributed by atoms with Crippen LogP contribution in [0.1, 0.15) is 30.9 Å². The van der Waals surface area contributed by atoms with Crippen LogP contribution in [0.15, 0.2) is 17.0 Å². The van der Waals surface area contributed by atoms with Gasteiger partial charge in [0.2, 0.25) is 10.0 Å². The topological polar surface area (TPSA) is 58.2 Å². The van der Waals surface area contributed by atoms with Gasteiger partial charge in [-0.2, -0.15) is 0 Å². The van der Waals surface area contributed by atoms with Crippen molar-refractivity contribution in [2.75, 3.05) is 6.54 Å². The van der Waals surface area contributed by atoms with E-state index in [0.717, 1.165) is 12.8 Å². The average molecular weight is 300 g/mol. The van der Waals surface area contributed by atoms with Gasteiger partial charge in [0.25, 0.3) is 0 Å². The molecule has 0 aliphatic carbocycles. The Kier molecular flexibility index (Phi) is 4.46. The van der Waals surface area contributed by atoms with Gasteiger partial charge in [0.15, 0.2) is 0 Å². The summed E-state index contributed by atoms with van der Waals surface area (Å²) in [5.74, 6) is -0.410. The molecule has 1 aromatic carbocycles. The summed E-state index contributed by atoms with van der Waals surface area (Å²) in [6.07, 6.45) is 1.75. The first kappa shape index (κ1) is 15.4. The number of hydrogen-bond donors (Lipinski definition) is 2. The van der Waals surface area contributed by atoms with E-state index < -0.39 is 15.8 Å². The van der Waals surface area contributed by atoms with Gasteiger partial charge in [-0.3, -0.25) is 0 Å². The lowest BCUT2D eigenvalue weighted by Gasteiger charge is -2.28. The molecule has 1 saturated heterocycles. The molecule has 0 bridgehead atoms. The lowest BCUT2D eigenvalue weighted by molar-refractivity contribution is 0.366. The van der Waals surface area contributed by atoms with Crippen molar-refractivity contribution in [1.82, 2.24) is 10.0 Å². The number of benzene rings is 1. The van der Waals surface area contributed by atoms with Crippen molar-refractivity contribution in [3.8, 4) is 0 Å². The molecule has 0 saturated carbocycles. The molecular formula is C14H21FN2O2S. The second-order valence-electron chi connectivity index (χ2n) is 5.57. The maximum Gasteiger partial charge on any atom is 0.241 e. The molecule has 6 heteroatoms. The van der Waals surface area contributed by atoms with Crippen LogP contribution in [-0.2, 0) is 10.0 Å². The van der Waals surface area contributed by atoms with Crippen LogP contribution in [-0.4, -0.2) is 27.0 Å². The van der Waals surface area contributed by atoms with Crippen LogP contribution >= 0.6 is 0 Å². The third-order valence-corrected chi connectivity index (χ3v) is 5.50. The maximum atomic E-state index is 13.3. The molecular weight excluding hydrogens is 279 g/mol.